The Morgan fingerprint density at radius 3 is 2.52 bits per heavy atom. The van der Waals surface area contributed by atoms with Gasteiger partial charge in [0.1, 0.15) is 16.7 Å². The molecule has 0 saturated heterocycles. The summed E-state index contributed by atoms with van der Waals surface area (Å²) >= 11 is 5.96. The highest BCUT2D eigenvalue weighted by Crippen LogP contribution is 2.32. The van der Waals surface area contributed by atoms with Crippen LogP contribution in [0.25, 0.3) is 16.9 Å². The maximum absolute atomic E-state index is 12.2. The number of aryl methyl sites for hydroxylation is 2. The van der Waals surface area contributed by atoms with E-state index in [0.717, 1.165) is 0 Å². The Hall–Kier alpha value is -1.99. The summed E-state index contributed by atoms with van der Waals surface area (Å²) in [6, 6.07) is 3.44. The van der Waals surface area contributed by atoms with Crippen LogP contribution in [0.1, 0.15) is 16.5 Å². The van der Waals surface area contributed by atoms with E-state index >= 15 is 0 Å². The van der Waals surface area contributed by atoms with Crippen LogP contribution in [0.5, 0.6) is 0 Å². The van der Waals surface area contributed by atoms with Gasteiger partial charge >= 0.3 is 0 Å². The van der Waals surface area contributed by atoms with E-state index in [4.69, 9.17) is 21.9 Å². The number of primary sulfonamides is 2. The van der Waals surface area contributed by atoms with Gasteiger partial charge in [-0.3, -0.25) is 9.25 Å². The van der Waals surface area contributed by atoms with Crippen LogP contribution in [0.3, 0.4) is 0 Å². The largest absolute Gasteiger partial charge is 0.285 e. The number of aromatic nitrogens is 4. The van der Waals surface area contributed by atoms with Crippen LogP contribution < -0.4 is 10.3 Å². The van der Waals surface area contributed by atoms with Gasteiger partial charge < -0.3 is 0 Å². The molecule has 0 aliphatic heterocycles. The van der Waals surface area contributed by atoms with Gasteiger partial charge in [0.05, 0.1) is 16.5 Å². The fourth-order valence-corrected chi connectivity index (χ4v) is 5.73. The topological polar surface area (TPSA) is 156 Å². The average Bonchev–Trinajstić information content (AvgIpc) is 3.02. The summed E-state index contributed by atoms with van der Waals surface area (Å²) in [6.45, 7) is 1.57. The summed E-state index contributed by atoms with van der Waals surface area (Å²) < 4.78 is 50.6. The van der Waals surface area contributed by atoms with Crippen molar-refractivity contribution in [2.45, 2.75) is 12.2 Å². The van der Waals surface area contributed by atoms with Crippen molar-refractivity contribution >= 4 is 42.7 Å². The molecule has 0 fully saturated rings. The van der Waals surface area contributed by atoms with Crippen molar-refractivity contribution in [1.29, 1.82) is 0 Å². The van der Waals surface area contributed by atoms with E-state index in [-0.39, 0.29) is 5.56 Å². The van der Waals surface area contributed by atoms with Crippen LogP contribution in [0.15, 0.2) is 24.5 Å². The van der Waals surface area contributed by atoms with Crippen LogP contribution in [-0.4, -0.2) is 41.9 Å². The van der Waals surface area contributed by atoms with Gasteiger partial charge in [0.15, 0.2) is 0 Å². The Kier molecular flexibility index (Phi) is 4.80. The molecule has 3 aromatic rings. The predicted octanol–water partition coefficient (Wildman–Crippen LogP) is 0.339. The number of hydrogen-bond donors (Lipinski definition) is 2. The van der Waals surface area contributed by atoms with E-state index < -0.39 is 31.0 Å². The Balaban J connectivity index is 2.32. The third kappa shape index (κ3) is 3.84. The van der Waals surface area contributed by atoms with Crippen molar-refractivity contribution < 1.29 is 16.8 Å². The molecule has 3 heterocycles. The molecule has 146 valence electrons. The molecule has 1 atom stereocenters. The second-order valence-electron chi connectivity index (χ2n) is 6.11. The van der Waals surface area contributed by atoms with Gasteiger partial charge in [0.25, 0.3) is 0 Å². The lowest BCUT2D eigenvalue weighted by Gasteiger charge is -2.16. The van der Waals surface area contributed by atoms with Gasteiger partial charge in [-0.2, -0.15) is 5.10 Å². The minimum atomic E-state index is -4.30. The second kappa shape index (κ2) is 6.56. The van der Waals surface area contributed by atoms with Crippen LogP contribution in [0, 0.1) is 6.92 Å². The number of pyridine rings is 1. The van der Waals surface area contributed by atoms with Crippen LogP contribution in [0.4, 0.5) is 0 Å². The minimum absolute atomic E-state index is 0.142. The molecule has 10 nitrogen and oxygen atoms in total. The average molecular weight is 433 g/mol. The van der Waals surface area contributed by atoms with Crippen molar-refractivity contribution in [2.75, 3.05) is 5.75 Å². The van der Waals surface area contributed by atoms with Crippen LogP contribution >= 0.6 is 11.6 Å². The highest BCUT2D eigenvalue weighted by Gasteiger charge is 2.35. The zero-order valence-corrected chi connectivity index (χ0v) is 16.8. The molecule has 4 N–H and O–H groups in total. The van der Waals surface area contributed by atoms with E-state index in [2.05, 4.69) is 10.1 Å². The third-order valence-corrected chi connectivity index (χ3v) is 6.47. The first-order chi connectivity index (χ1) is 12.4. The van der Waals surface area contributed by atoms with Crippen molar-refractivity contribution in [3.8, 4) is 5.82 Å². The molecule has 0 aromatic carbocycles. The van der Waals surface area contributed by atoms with E-state index in [1.54, 1.807) is 36.9 Å². The quantitative estimate of drug-likeness (QED) is 0.591. The Morgan fingerprint density at radius 1 is 1.26 bits per heavy atom. The summed E-state index contributed by atoms with van der Waals surface area (Å²) in [7, 11) is -6.83. The molecule has 3 rings (SSSR count). The van der Waals surface area contributed by atoms with E-state index in [0.29, 0.717) is 27.6 Å². The first kappa shape index (κ1) is 19.8. The van der Waals surface area contributed by atoms with Crippen molar-refractivity contribution in [3.63, 3.8) is 0 Å². The molecule has 0 aliphatic carbocycles. The summed E-state index contributed by atoms with van der Waals surface area (Å²) in [6.07, 6.45) is 3.11. The monoisotopic (exact) mass is 432 g/mol. The molecule has 0 aliphatic rings. The maximum Gasteiger partial charge on any atom is 0.217 e. The van der Waals surface area contributed by atoms with Crippen LogP contribution in [0.2, 0.25) is 5.02 Å². The number of hydrogen-bond acceptors (Lipinski definition) is 6. The normalized spacial score (nSPS) is 14.0. The van der Waals surface area contributed by atoms with Crippen molar-refractivity contribution in [3.05, 3.63) is 40.8 Å². The van der Waals surface area contributed by atoms with Gasteiger partial charge in [-0.15, -0.1) is 0 Å². The second-order valence-corrected chi connectivity index (χ2v) is 9.95. The summed E-state index contributed by atoms with van der Waals surface area (Å²) in [5.74, 6) is -0.552. The van der Waals surface area contributed by atoms with Gasteiger partial charge in [-0.25, -0.2) is 32.1 Å². The summed E-state index contributed by atoms with van der Waals surface area (Å²) in [4.78, 5) is 4.27. The first-order valence-electron chi connectivity index (χ1n) is 7.57. The molecule has 0 saturated carbocycles. The molecule has 0 bridgehead atoms. The predicted molar refractivity (Wildman–Crippen MR) is 101 cm³/mol. The molecular weight excluding hydrogens is 416 g/mol. The van der Waals surface area contributed by atoms with Gasteiger partial charge in [-0.1, -0.05) is 11.6 Å². The maximum atomic E-state index is 12.2. The smallest absolute Gasteiger partial charge is 0.217 e. The standard InChI is InChI=1S/C14H17ClN6O4S2/c1-8-12(11(27(17,24)25)7-26(16,22)23)14(20(2)19-8)21-4-3-9-5-10(15)6-18-13(9)21/h3-6,11H,7H2,1-2H3,(H2,16,22,23)(H2,17,24,25). The zero-order chi connectivity index (χ0) is 20.1. The lowest BCUT2D eigenvalue weighted by molar-refractivity contribution is 0.577. The zero-order valence-electron chi connectivity index (χ0n) is 14.4. The number of fused-ring (bicyclic) bond motifs is 1. The third-order valence-electron chi connectivity index (χ3n) is 4.06. The molecule has 0 amide bonds. The van der Waals surface area contributed by atoms with E-state index in [9.17, 15) is 16.8 Å². The fourth-order valence-electron chi connectivity index (χ4n) is 3.05. The minimum Gasteiger partial charge on any atom is -0.285 e. The SMILES string of the molecule is Cc1nn(C)c(-n2ccc3cc(Cl)cnc32)c1C(CS(N)(=O)=O)S(N)(=O)=O. The molecular formula is C14H17ClN6O4S2. The molecule has 1 unspecified atom stereocenters. The Labute approximate surface area is 160 Å². The lowest BCUT2D eigenvalue weighted by atomic mass is 10.2. The fraction of sp³-hybridized carbons (Fsp3) is 0.286. The molecule has 3 aromatic heterocycles. The number of sulfonamides is 2. The molecule has 27 heavy (non-hydrogen) atoms. The Bertz CT molecular complexity index is 1250. The van der Waals surface area contributed by atoms with Gasteiger partial charge in [-0.05, 0) is 19.1 Å². The van der Waals surface area contributed by atoms with Gasteiger partial charge in [0.2, 0.25) is 20.0 Å². The summed E-state index contributed by atoms with van der Waals surface area (Å²) in [5.41, 5.74) is 0.946. The van der Waals surface area contributed by atoms with E-state index in [1.165, 1.54) is 10.9 Å². The van der Waals surface area contributed by atoms with Crippen molar-refractivity contribution in [2.24, 2.45) is 17.3 Å². The highest BCUT2D eigenvalue weighted by atomic mass is 35.5. The lowest BCUT2D eigenvalue weighted by Crippen LogP contribution is -2.32. The molecule has 13 heteroatoms. The number of rotatable bonds is 5. The first-order valence-corrected chi connectivity index (χ1v) is 11.3. The van der Waals surface area contributed by atoms with E-state index in [1.807, 2.05) is 0 Å². The molecule has 0 radical (unpaired) electrons. The van der Waals surface area contributed by atoms with Crippen LogP contribution in [-0.2, 0) is 27.1 Å². The molecule has 0 spiro atoms. The summed E-state index contributed by atoms with van der Waals surface area (Å²) in [5, 5.41) is 14.2. The highest BCUT2D eigenvalue weighted by molar-refractivity contribution is 7.93. The van der Waals surface area contributed by atoms with Crippen molar-refractivity contribution in [1.82, 2.24) is 19.3 Å². The Morgan fingerprint density at radius 2 is 1.93 bits per heavy atom. The number of halogens is 1. The van der Waals surface area contributed by atoms with Gasteiger partial charge in [0, 0.05) is 30.4 Å². The number of nitrogens with two attached hydrogens (primary N) is 2. The number of nitrogens with zero attached hydrogens (tertiary/aromatic N) is 4.